The number of fused-ring (bicyclic) bond motifs is 1. The first-order valence-corrected chi connectivity index (χ1v) is 8.54. The molecule has 1 aliphatic rings. The fraction of sp³-hybridized carbons (Fsp3) is 0.500. The zero-order valence-corrected chi connectivity index (χ0v) is 14.1. The number of thiazole rings is 1. The molecule has 23 heavy (non-hydrogen) atoms. The zero-order valence-electron chi connectivity index (χ0n) is 13.3. The first-order valence-electron chi connectivity index (χ1n) is 7.72. The van der Waals surface area contributed by atoms with Crippen molar-refractivity contribution >= 4 is 32.7 Å². The van der Waals surface area contributed by atoms with Crippen LogP contribution in [0.25, 0.3) is 10.2 Å². The summed E-state index contributed by atoms with van der Waals surface area (Å²) in [5.41, 5.74) is 0.893. The minimum absolute atomic E-state index is 0.241. The monoisotopic (exact) mass is 335 g/mol. The van der Waals surface area contributed by atoms with Crippen molar-refractivity contribution in [1.82, 2.24) is 10.3 Å². The smallest absolute Gasteiger partial charge is 0.321 e. The average molecular weight is 335 g/mol. The second-order valence-corrected chi connectivity index (χ2v) is 6.99. The second-order valence-electron chi connectivity index (χ2n) is 5.96. The molecule has 1 atom stereocenters. The van der Waals surface area contributed by atoms with E-state index in [0.717, 1.165) is 16.6 Å². The largest absolute Gasteiger partial charge is 0.348 e. The standard InChI is InChI=1S/C16H21N3O3S/c1-11(9-16(2)21-7-8-22-16)10-17-14(20)19-15-18-12-5-3-4-6-13(12)23-15/h3-6,11H,7-10H2,1-2H3,(H2,17,18,19,20). The number of rotatable bonds is 5. The Balaban J connectivity index is 1.47. The zero-order chi connectivity index (χ0) is 16.3. The number of anilines is 1. The second kappa shape index (κ2) is 6.82. The Labute approximate surface area is 139 Å². The molecule has 0 aliphatic carbocycles. The van der Waals surface area contributed by atoms with E-state index < -0.39 is 5.79 Å². The topological polar surface area (TPSA) is 72.5 Å². The molecule has 6 nitrogen and oxygen atoms in total. The van der Waals surface area contributed by atoms with Crippen molar-refractivity contribution in [3.63, 3.8) is 0 Å². The van der Waals surface area contributed by atoms with Crippen LogP contribution in [0.4, 0.5) is 9.93 Å². The first-order chi connectivity index (χ1) is 11.0. The number of hydrogen-bond donors (Lipinski definition) is 2. The third kappa shape index (κ3) is 4.19. The number of hydrogen-bond acceptors (Lipinski definition) is 5. The molecule has 1 aromatic heterocycles. The molecule has 0 spiro atoms. The normalized spacial score (nSPS) is 18.0. The minimum atomic E-state index is -0.523. The van der Waals surface area contributed by atoms with Crippen LogP contribution < -0.4 is 10.6 Å². The number of nitrogens with zero attached hydrogens (tertiary/aromatic N) is 1. The molecule has 2 heterocycles. The number of amides is 2. The molecule has 1 unspecified atom stereocenters. The van der Waals surface area contributed by atoms with E-state index in [4.69, 9.17) is 9.47 Å². The van der Waals surface area contributed by atoms with Gasteiger partial charge in [-0.05, 0) is 25.0 Å². The van der Waals surface area contributed by atoms with Crippen molar-refractivity contribution < 1.29 is 14.3 Å². The number of ether oxygens (including phenoxy) is 2. The highest BCUT2D eigenvalue weighted by Gasteiger charge is 2.32. The summed E-state index contributed by atoms with van der Waals surface area (Å²) in [6.07, 6.45) is 0.744. The number of aromatic nitrogens is 1. The summed E-state index contributed by atoms with van der Waals surface area (Å²) >= 11 is 1.46. The van der Waals surface area contributed by atoms with E-state index in [0.29, 0.717) is 24.9 Å². The van der Waals surface area contributed by atoms with Crippen LogP contribution in [-0.2, 0) is 9.47 Å². The third-order valence-corrected chi connectivity index (χ3v) is 4.69. The van der Waals surface area contributed by atoms with Crippen molar-refractivity contribution in [2.75, 3.05) is 25.1 Å². The van der Waals surface area contributed by atoms with Gasteiger partial charge < -0.3 is 14.8 Å². The van der Waals surface area contributed by atoms with Gasteiger partial charge in [0.25, 0.3) is 0 Å². The summed E-state index contributed by atoms with van der Waals surface area (Å²) in [7, 11) is 0. The van der Waals surface area contributed by atoms with Crippen LogP contribution in [-0.4, -0.2) is 36.6 Å². The van der Waals surface area contributed by atoms with Crippen LogP contribution in [0.15, 0.2) is 24.3 Å². The molecule has 1 saturated heterocycles. The number of benzene rings is 1. The van der Waals surface area contributed by atoms with Crippen molar-refractivity contribution in [2.45, 2.75) is 26.1 Å². The highest BCUT2D eigenvalue weighted by molar-refractivity contribution is 7.22. The van der Waals surface area contributed by atoms with E-state index in [-0.39, 0.29) is 11.9 Å². The van der Waals surface area contributed by atoms with Crippen molar-refractivity contribution in [2.24, 2.45) is 5.92 Å². The fourth-order valence-corrected chi connectivity index (χ4v) is 3.57. The van der Waals surface area contributed by atoms with Gasteiger partial charge in [-0.15, -0.1) is 0 Å². The van der Waals surface area contributed by atoms with Crippen molar-refractivity contribution in [3.05, 3.63) is 24.3 Å². The van der Waals surface area contributed by atoms with Crippen LogP contribution in [0, 0.1) is 5.92 Å². The van der Waals surface area contributed by atoms with Gasteiger partial charge in [0.15, 0.2) is 10.9 Å². The molecule has 2 amide bonds. The quantitative estimate of drug-likeness (QED) is 0.880. The van der Waals surface area contributed by atoms with E-state index in [1.165, 1.54) is 11.3 Å². The van der Waals surface area contributed by atoms with Crippen LogP contribution in [0.2, 0.25) is 0 Å². The number of urea groups is 1. The lowest BCUT2D eigenvalue weighted by molar-refractivity contribution is -0.153. The fourth-order valence-electron chi connectivity index (χ4n) is 2.71. The summed E-state index contributed by atoms with van der Waals surface area (Å²) in [5.74, 6) is -0.274. The molecule has 0 radical (unpaired) electrons. The molecular formula is C16H21N3O3S. The molecule has 1 aliphatic heterocycles. The molecule has 1 fully saturated rings. The molecule has 3 rings (SSSR count). The van der Waals surface area contributed by atoms with Crippen LogP contribution in [0.1, 0.15) is 20.3 Å². The highest BCUT2D eigenvalue weighted by atomic mass is 32.1. The minimum Gasteiger partial charge on any atom is -0.348 e. The van der Waals surface area contributed by atoms with Gasteiger partial charge in [0.05, 0.1) is 23.4 Å². The number of nitrogens with one attached hydrogen (secondary N) is 2. The Hall–Kier alpha value is -1.70. The predicted molar refractivity (Wildman–Crippen MR) is 90.7 cm³/mol. The van der Waals surface area contributed by atoms with Crippen molar-refractivity contribution in [1.29, 1.82) is 0 Å². The van der Waals surface area contributed by atoms with Crippen LogP contribution in [0.5, 0.6) is 0 Å². The number of carbonyl (C=O) groups excluding carboxylic acids is 1. The van der Waals surface area contributed by atoms with Gasteiger partial charge in [-0.2, -0.15) is 0 Å². The number of para-hydroxylation sites is 1. The van der Waals surface area contributed by atoms with Crippen LogP contribution in [0.3, 0.4) is 0 Å². The molecule has 2 aromatic rings. The van der Waals surface area contributed by atoms with E-state index >= 15 is 0 Å². The molecule has 1 aromatic carbocycles. The van der Waals surface area contributed by atoms with Gasteiger partial charge >= 0.3 is 6.03 Å². The Bertz CT molecular complexity index is 649. The summed E-state index contributed by atoms with van der Waals surface area (Å²) in [4.78, 5) is 16.4. The van der Waals surface area contributed by atoms with E-state index in [2.05, 4.69) is 22.5 Å². The first kappa shape index (κ1) is 16.2. The van der Waals surface area contributed by atoms with E-state index in [1.54, 1.807) is 0 Å². The molecule has 0 bridgehead atoms. The van der Waals surface area contributed by atoms with Gasteiger partial charge in [-0.25, -0.2) is 9.78 Å². The predicted octanol–water partition coefficient (Wildman–Crippen LogP) is 3.21. The maximum absolute atomic E-state index is 12.0. The van der Waals surface area contributed by atoms with Gasteiger partial charge in [0.2, 0.25) is 0 Å². The average Bonchev–Trinajstić information content (AvgIpc) is 3.10. The lowest BCUT2D eigenvalue weighted by Gasteiger charge is -2.25. The summed E-state index contributed by atoms with van der Waals surface area (Å²) in [6.45, 7) is 5.83. The maximum Gasteiger partial charge on any atom is 0.321 e. The lowest BCUT2D eigenvalue weighted by atomic mass is 10.0. The third-order valence-electron chi connectivity index (χ3n) is 3.74. The van der Waals surface area contributed by atoms with E-state index in [9.17, 15) is 4.79 Å². The van der Waals surface area contributed by atoms with Gasteiger partial charge in [0, 0.05) is 13.0 Å². The summed E-state index contributed by atoms with van der Waals surface area (Å²) in [5, 5.41) is 6.26. The molecular weight excluding hydrogens is 314 g/mol. The van der Waals surface area contributed by atoms with Crippen LogP contribution >= 0.6 is 11.3 Å². The molecule has 2 N–H and O–H groups in total. The highest BCUT2D eigenvalue weighted by Crippen LogP contribution is 2.27. The SMILES string of the molecule is CC(CNC(=O)Nc1nc2ccccc2s1)CC1(C)OCCO1. The molecule has 0 saturated carbocycles. The van der Waals surface area contributed by atoms with Gasteiger partial charge in [-0.1, -0.05) is 30.4 Å². The summed E-state index contributed by atoms with van der Waals surface area (Å²) < 4.78 is 12.2. The van der Waals surface area contributed by atoms with E-state index in [1.807, 2.05) is 31.2 Å². The summed E-state index contributed by atoms with van der Waals surface area (Å²) in [6, 6.07) is 7.57. The number of carbonyl (C=O) groups is 1. The Morgan fingerprint density at radius 3 is 2.87 bits per heavy atom. The lowest BCUT2D eigenvalue weighted by Crippen LogP contribution is -2.36. The molecule has 124 valence electrons. The maximum atomic E-state index is 12.0. The molecule has 7 heteroatoms. The Morgan fingerprint density at radius 1 is 1.39 bits per heavy atom. The Kier molecular flexibility index (Phi) is 4.79. The van der Waals surface area contributed by atoms with Gasteiger partial charge in [-0.3, -0.25) is 5.32 Å². The van der Waals surface area contributed by atoms with Gasteiger partial charge in [0.1, 0.15) is 0 Å². The Morgan fingerprint density at radius 2 is 2.13 bits per heavy atom. The van der Waals surface area contributed by atoms with Crippen molar-refractivity contribution in [3.8, 4) is 0 Å².